The van der Waals surface area contributed by atoms with Gasteiger partial charge >= 0.3 is 0 Å². The van der Waals surface area contributed by atoms with E-state index in [4.69, 9.17) is 0 Å². The molecule has 0 radical (unpaired) electrons. The van der Waals surface area contributed by atoms with Gasteiger partial charge in [0.25, 0.3) is 5.56 Å². The van der Waals surface area contributed by atoms with Crippen LogP contribution in [0.5, 0.6) is 5.75 Å². The summed E-state index contributed by atoms with van der Waals surface area (Å²) in [5, 5.41) is 9.75. The monoisotopic (exact) mass is 316 g/mol. The normalized spacial score (nSPS) is 16.5. The van der Waals surface area contributed by atoms with Crippen LogP contribution in [0.4, 0.5) is 0 Å². The molecule has 0 atom stereocenters. The first-order valence-corrected chi connectivity index (χ1v) is 7.94. The van der Waals surface area contributed by atoms with Crippen molar-refractivity contribution in [1.29, 1.82) is 0 Å². The lowest BCUT2D eigenvalue weighted by molar-refractivity contribution is -0.123. The van der Waals surface area contributed by atoms with Crippen LogP contribution in [0.25, 0.3) is 12.2 Å². The van der Waals surface area contributed by atoms with Gasteiger partial charge in [0.1, 0.15) is 10.4 Å². The van der Waals surface area contributed by atoms with Gasteiger partial charge in [0.05, 0.1) is 4.53 Å². The number of hydrogen-bond acceptors (Lipinski definition) is 4. The molecule has 0 spiro atoms. The number of para-hydroxylation sites is 1. The van der Waals surface area contributed by atoms with Crippen LogP contribution in [0, 0.1) is 0 Å². The lowest BCUT2D eigenvalue weighted by Gasteiger charge is -2.10. The van der Waals surface area contributed by atoms with E-state index in [1.807, 2.05) is 0 Å². The van der Waals surface area contributed by atoms with Gasteiger partial charge in [-0.05, 0) is 25.0 Å². The van der Waals surface area contributed by atoms with E-state index in [2.05, 4.69) is 4.98 Å². The summed E-state index contributed by atoms with van der Waals surface area (Å²) in [6, 6.07) is 6.81. The molecule has 1 aliphatic rings. The Labute approximate surface area is 130 Å². The summed E-state index contributed by atoms with van der Waals surface area (Å²) in [5.74, 6) is 0.0538. The van der Waals surface area contributed by atoms with Crippen LogP contribution in [-0.2, 0) is 4.79 Å². The smallest absolute Gasteiger partial charge is 0.266 e. The first-order chi connectivity index (χ1) is 10.6. The number of thiazole rings is 1. The second-order valence-electron chi connectivity index (χ2n) is 5.16. The molecule has 1 aromatic carbocycles. The average Bonchev–Trinajstić information content (AvgIpc) is 3.12. The molecule has 2 aromatic rings. The molecule has 6 heteroatoms. The second kappa shape index (κ2) is 6.19. The summed E-state index contributed by atoms with van der Waals surface area (Å²) in [4.78, 5) is 28.5. The summed E-state index contributed by atoms with van der Waals surface area (Å²) in [7, 11) is 0. The molecule has 1 amide bonds. The number of nitrogens with one attached hydrogen (secondary N) is 1. The van der Waals surface area contributed by atoms with Crippen molar-refractivity contribution >= 4 is 29.4 Å². The van der Waals surface area contributed by atoms with Gasteiger partial charge in [-0.2, -0.15) is 0 Å². The molecule has 5 nitrogen and oxygen atoms in total. The Balaban J connectivity index is 1.96. The fourth-order valence-corrected chi connectivity index (χ4v) is 3.29. The Bertz CT molecular complexity index is 860. The summed E-state index contributed by atoms with van der Waals surface area (Å²) in [6.07, 6.45) is 5.16. The summed E-state index contributed by atoms with van der Waals surface area (Å²) < 4.78 is 0.991. The van der Waals surface area contributed by atoms with Crippen molar-refractivity contribution in [2.24, 2.45) is 0 Å². The molecule has 1 aromatic heterocycles. The van der Waals surface area contributed by atoms with Crippen LogP contribution in [0.2, 0.25) is 0 Å². The fourth-order valence-electron chi connectivity index (χ4n) is 2.42. The number of rotatable bonds is 2. The molecule has 1 aliphatic heterocycles. The Morgan fingerprint density at radius 2 is 2.00 bits per heavy atom. The van der Waals surface area contributed by atoms with Crippen molar-refractivity contribution in [3.63, 3.8) is 0 Å². The van der Waals surface area contributed by atoms with Gasteiger partial charge in [-0.3, -0.25) is 9.59 Å². The van der Waals surface area contributed by atoms with E-state index in [1.54, 1.807) is 35.2 Å². The van der Waals surface area contributed by atoms with E-state index in [0.717, 1.165) is 25.9 Å². The molecule has 0 saturated carbocycles. The highest BCUT2D eigenvalue weighted by molar-refractivity contribution is 7.07. The highest BCUT2D eigenvalue weighted by Gasteiger charge is 2.15. The number of phenolic OH excluding ortho intramolecular Hbond substituents is 1. The number of likely N-dealkylation sites (tertiary alicyclic amines) is 1. The fraction of sp³-hybridized carbons (Fsp3) is 0.250. The zero-order valence-corrected chi connectivity index (χ0v) is 12.7. The Morgan fingerprint density at radius 3 is 2.73 bits per heavy atom. The van der Waals surface area contributed by atoms with E-state index >= 15 is 0 Å². The molecular formula is C16H16N2O3S. The first kappa shape index (κ1) is 14.6. The standard InChI is InChI=1S/C16H16N2O3S/c19-12-6-2-1-5-11(12)9-13-16(21)17-14(22-13)10-15(20)18-7-3-4-8-18/h1-2,5-6,9-10,19H,3-4,7-8H2,(H,17,21). The highest BCUT2D eigenvalue weighted by Crippen LogP contribution is 2.15. The molecule has 2 N–H and O–H groups in total. The third-order valence-electron chi connectivity index (χ3n) is 3.58. The maximum absolute atomic E-state index is 12.1. The minimum Gasteiger partial charge on any atom is -0.507 e. The molecule has 1 fully saturated rings. The van der Waals surface area contributed by atoms with Gasteiger partial charge < -0.3 is 15.0 Å². The Hall–Kier alpha value is -2.34. The number of aromatic nitrogens is 1. The van der Waals surface area contributed by atoms with Crippen LogP contribution >= 0.6 is 11.3 Å². The molecule has 2 heterocycles. The minimum atomic E-state index is -0.256. The van der Waals surface area contributed by atoms with E-state index < -0.39 is 0 Å². The van der Waals surface area contributed by atoms with Gasteiger partial charge in [0.2, 0.25) is 5.91 Å². The SMILES string of the molecule is O=C(C=c1[nH]c(=O)c(=Cc2ccccc2O)s1)N1CCCC1. The van der Waals surface area contributed by atoms with Crippen molar-refractivity contribution in [3.8, 4) is 5.75 Å². The number of benzene rings is 1. The third kappa shape index (κ3) is 3.12. The maximum Gasteiger partial charge on any atom is 0.266 e. The topological polar surface area (TPSA) is 73.4 Å². The largest absolute Gasteiger partial charge is 0.507 e. The predicted octanol–water partition coefficient (Wildman–Crippen LogP) is 0.374. The number of amides is 1. The highest BCUT2D eigenvalue weighted by atomic mass is 32.1. The number of aromatic hydroxyl groups is 1. The van der Waals surface area contributed by atoms with Crippen LogP contribution in [0.1, 0.15) is 18.4 Å². The van der Waals surface area contributed by atoms with E-state index in [1.165, 1.54) is 17.4 Å². The predicted molar refractivity (Wildman–Crippen MR) is 86.1 cm³/mol. The molecule has 114 valence electrons. The number of nitrogens with zero attached hydrogens (tertiary/aromatic N) is 1. The molecule has 0 unspecified atom stereocenters. The van der Waals surface area contributed by atoms with Gasteiger partial charge in [-0.1, -0.05) is 18.2 Å². The molecule has 0 aliphatic carbocycles. The van der Waals surface area contributed by atoms with Crippen molar-refractivity contribution < 1.29 is 9.90 Å². The number of H-pyrrole nitrogens is 1. The molecule has 22 heavy (non-hydrogen) atoms. The quantitative estimate of drug-likeness (QED) is 0.841. The number of carbonyl (C=O) groups excluding carboxylic acids is 1. The van der Waals surface area contributed by atoms with Gasteiger partial charge in [-0.25, -0.2) is 0 Å². The van der Waals surface area contributed by atoms with E-state index in [9.17, 15) is 14.7 Å². The Morgan fingerprint density at radius 1 is 1.27 bits per heavy atom. The molecule has 0 bridgehead atoms. The van der Waals surface area contributed by atoms with Crippen LogP contribution in [0.3, 0.4) is 0 Å². The maximum atomic E-state index is 12.1. The summed E-state index contributed by atoms with van der Waals surface area (Å²) >= 11 is 1.21. The van der Waals surface area contributed by atoms with Crippen LogP contribution in [0.15, 0.2) is 29.1 Å². The van der Waals surface area contributed by atoms with Gasteiger partial charge in [0.15, 0.2) is 0 Å². The number of phenols is 1. The van der Waals surface area contributed by atoms with Crippen LogP contribution < -0.4 is 14.8 Å². The third-order valence-corrected chi connectivity index (χ3v) is 4.54. The summed E-state index contributed by atoms with van der Waals surface area (Å²) in [6.45, 7) is 1.56. The molecule has 3 rings (SSSR count). The molecule has 1 saturated heterocycles. The lowest BCUT2D eigenvalue weighted by Crippen LogP contribution is -2.27. The van der Waals surface area contributed by atoms with Gasteiger partial charge in [-0.15, -0.1) is 11.3 Å². The van der Waals surface area contributed by atoms with Crippen molar-refractivity contribution in [2.45, 2.75) is 12.8 Å². The zero-order valence-electron chi connectivity index (χ0n) is 11.9. The average molecular weight is 316 g/mol. The number of hydrogen-bond donors (Lipinski definition) is 2. The van der Waals surface area contributed by atoms with Crippen molar-refractivity contribution in [3.05, 3.63) is 49.4 Å². The zero-order chi connectivity index (χ0) is 15.5. The number of aromatic amines is 1. The van der Waals surface area contributed by atoms with Crippen LogP contribution in [-0.4, -0.2) is 34.0 Å². The Kier molecular flexibility index (Phi) is 4.11. The summed E-state index contributed by atoms with van der Waals surface area (Å²) in [5.41, 5.74) is 0.320. The second-order valence-corrected chi connectivity index (χ2v) is 6.25. The molecular weight excluding hydrogens is 300 g/mol. The number of carbonyl (C=O) groups is 1. The lowest BCUT2D eigenvalue weighted by atomic mass is 10.2. The van der Waals surface area contributed by atoms with Gasteiger partial charge in [0, 0.05) is 24.7 Å². The van der Waals surface area contributed by atoms with Crippen molar-refractivity contribution in [2.75, 3.05) is 13.1 Å². The van der Waals surface area contributed by atoms with E-state index in [0.29, 0.717) is 14.8 Å². The minimum absolute atomic E-state index is 0.0656. The van der Waals surface area contributed by atoms with Crippen molar-refractivity contribution in [1.82, 2.24) is 9.88 Å². The first-order valence-electron chi connectivity index (χ1n) is 7.13. The van der Waals surface area contributed by atoms with E-state index in [-0.39, 0.29) is 17.2 Å².